The van der Waals surface area contributed by atoms with Crippen molar-refractivity contribution >= 4 is 50.7 Å². The summed E-state index contributed by atoms with van der Waals surface area (Å²) < 4.78 is 31.7. The zero-order valence-electron chi connectivity index (χ0n) is 20.3. The molecule has 0 heterocycles. The fraction of sp³-hybridized carbons (Fsp3) is 0.0714. The van der Waals surface area contributed by atoms with Gasteiger partial charge in [-0.25, -0.2) is 13.2 Å². The first-order chi connectivity index (χ1) is 18.0. The fourth-order valence-electron chi connectivity index (χ4n) is 3.72. The Labute approximate surface area is 230 Å². The minimum absolute atomic E-state index is 0.123. The molecule has 0 fully saturated rings. The van der Waals surface area contributed by atoms with E-state index in [2.05, 4.69) is 10.6 Å². The molecule has 4 aromatic carbocycles. The molecule has 0 atom stereocenters. The van der Waals surface area contributed by atoms with Gasteiger partial charge in [0.05, 0.1) is 20.4 Å². The Morgan fingerprint density at radius 2 is 1.34 bits per heavy atom. The van der Waals surface area contributed by atoms with Gasteiger partial charge in [-0.15, -0.1) is 0 Å². The molecule has 7 nitrogen and oxygen atoms in total. The van der Waals surface area contributed by atoms with Crippen molar-refractivity contribution in [2.24, 2.45) is 0 Å². The Morgan fingerprint density at radius 3 is 1.92 bits per heavy atom. The van der Waals surface area contributed by atoms with Crippen molar-refractivity contribution in [2.45, 2.75) is 23.6 Å². The molecule has 0 aliphatic carbocycles. The van der Waals surface area contributed by atoms with Crippen molar-refractivity contribution in [2.75, 3.05) is 5.32 Å². The van der Waals surface area contributed by atoms with Crippen LogP contribution in [0.1, 0.15) is 21.5 Å². The Bertz CT molecular complexity index is 1600. The van der Waals surface area contributed by atoms with Crippen molar-refractivity contribution in [3.63, 3.8) is 0 Å². The molecule has 0 spiro atoms. The molecule has 3 amide bonds. The number of ether oxygens (including phenoxy) is 1. The highest BCUT2D eigenvalue weighted by atomic mass is 35.5. The van der Waals surface area contributed by atoms with E-state index in [4.69, 9.17) is 27.9 Å². The number of imide groups is 1. The number of rotatable bonds is 6. The van der Waals surface area contributed by atoms with Crippen LogP contribution in [0, 0.1) is 13.8 Å². The van der Waals surface area contributed by atoms with Crippen molar-refractivity contribution in [1.29, 1.82) is 0 Å². The summed E-state index contributed by atoms with van der Waals surface area (Å²) in [6.45, 7) is 3.61. The lowest BCUT2D eigenvalue weighted by Gasteiger charge is -2.15. The van der Waals surface area contributed by atoms with E-state index in [-0.39, 0.29) is 20.4 Å². The first-order valence-electron chi connectivity index (χ1n) is 11.3. The van der Waals surface area contributed by atoms with Gasteiger partial charge in [-0.1, -0.05) is 35.3 Å². The highest BCUT2D eigenvalue weighted by Crippen LogP contribution is 2.32. The molecule has 10 heteroatoms. The molecule has 0 bridgehead atoms. The SMILES string of the molecule is Cc1cc(NC(=O)NC(=O)c2ccccc2Cl)cc(C)c1Oc1ccc(S(=O)(=O)c2ccc(Cl)cc2)cc1. The number of hydrogen-bond donors (Lipinski definition) is 2. The number of halogens is 2. The first kappa shape index (κ1) is 27.2. The highest BCUT2D eigenvalue weighted by molar-refractivity contribution is 7.91. The van der Waals surface area contributed by atoms with Crippen LogP contribution in [0.3, 0.4) is 0 Å². The van der Waals surface area contributed by atoms with Crippen LogP contribution in [0.25, 0.3) is 0 Å². The van der Waals surface area contributed by atoms with Crippen molar-refractivity contribution in [3.05, 3.63) is 112 Å². The number of aryl methyl sites for hydroxylation is 2. The monoisotopic (exact) mass is 568 g/mol. The second-order valence-corrected chi connectivity index (χ2v) is 11.2. The lowest BCUT2D eigenvalue weighted by Crippen LogP contribution is -2.34. The van der Waals surface area contributed by atoms with Gasteiger partial charge in [0.25, 0.3) is 5.91 Å². The second-order valence-electron chi connectivity index (χ2n) is 8.36. The van der Waals surface area contributed by atoms with Gasteiger partial charge in [0.2, 0.25) is 9.84 Å². The maximum Gasteiger partial charge on any atom is 0.326 e. The van der Waals surface area contributed by atoms with Crippen LogP contribution in [0.5, 0.6) is 11.5 Å². The predicted octanol–water partition coefficient (Wildman–Crippen LogP) is 7.20. The fourth-order valence-corrected chi connectivity index (χ4v) is 5.32. The molecule has 0 saturated carbocycles. The molecule has 2 N–H and O–H groups in total. The molecule has 4 aromatic rings. The van der Waals surface area contributed by atoms with Crippen molar-refractivity contribution in [1.82, 2.24) is 5.32 Å². The molecular formula is C28H22Cl2N2O5S. The number of carbonyl (C=O) groups is 2. The Morgan fingerprint density at radius 1 is 0.789 bits per heavy atom. The number of nitrogens with one attached hydrogen (secondary N) is 2. The second kappa shape index (κ2) is 11.3. The molecule has 194 valence electrons. The summed E-state index contributed by atoms with van der Waals surface area (Å²) in [5, 5.41) is 5.57. The summed E-state index contributed by atoms with van der Waals surface area (Å²) in [7, 11) is -3.70. The van der Waals surface area contributed by atoms with E-state index in [1.165, 1.54) is 42.5 Å². The van der Waals surface area contributed by atoms with Crippen molar-refractivity contribution in [3.8, 4) is 11.5 Å². The summed E-state index contributed by atoms with van der Waals surface area (Å²) in [6.07, 6.45) is 0. The third kappa shape index (κ3) is 6.16. The molecule has 0 aliphatic rings. The number of anilines is 1. The number of urea groups is 1. The summed E-state index contributed by atoms with van der Waals surface area (Å²) in [6, 6.07) is 21.1. The van der Waals surface area contributed by atoms with Crippen LogP contribution in [0.2, 0.25) is 10.0 Å². The van der Waals surface area contributed by atoms with E-state index in [0.29, 0.717) is 22.2 Å². The number of amides is 3. The van der Waals surface area contributed by atoms with E-state index in [9.17, 15) is 18.0 Å². The predicted molar refractivity (Wildman–Crippen MR) is 147 cm³/mol. The third-order valence-corrected chi connectivity index (χ3v) is 7.91. The van der Waals surface area contributed by atoms with Gasteiger partial charge in [-0.05, 0) is 97.8 Å². The largest absolute Gasteiger partial charge is 0.457 e. The van der Waals surface area contributed by atoms with Gasteiger partial charge in [-0.3, -0.25) is 10.1 Å². The van der Waals surface area contributed by atoms with Crippen LogP contribution < -0.4 is 15.4 Å². The molecule has 0 aliphatic heterocycles. The van der Waals surface area contributed by atoms with Crippen LogP contribution in [-0.4, -0.2) is 20.4 Å². The Kier molecular flexibility index (Phi) is 8.06. The molecular weight excluding hydrogens is 547 g/mol. The van der Waals surface area contributed by atoms with Gasteiger partial charge in [0, 0.05) is 10.7 Å². The van der Waals surface area contributed by atoms with Gasteiger partial charge in [-0.2, -0.15) is 0 Å². The summed E-state index contributed by atoms with van der Waals surface area (Å²) in [5.74, 6) is 0.370. The Balaban J connectivity index is 1.45. The smallest absolute Gasteiger partial charge is 0.326 e. The highest BCUT2D eigenvalue weighted by Gasteiger charge is 2.18. The minimum atomic E-state index is -3.70. The molecule has 38 heavy (non-hydrogen) atoms. The summed E-state index contributed by atoms with van der Waals surface area (Å²) in [5.41, 5.74) is 2.08. The first-order valence-corrected chi connectivity index (χ1v) is 13.5. The lowest BCUT2D eigenvalue weighted by molar-refractivity contribution is 0.0967. The molecule has 0 aromatic heterocycles. The number of hydrogen-bond acceptors (Lipinski definition) is 5. The van der Waals surface area contributed by atoms with E-state index >= 15 is 0 Å². The van der Waals surface area contributed by atoms with E-state index < -0.39 is 21.8 Å². The van der Waals surface area contributed by atoms with Gasteiger partial charge >= 0.3 is 6.03 Å². The summed E-state index contributed by atoms with van der Waals surface area (Å²) >= 11 is 11.9. The molecule has 0 saturated heterocycles. The van der Waals surface area contributed by atoms with E-state index in [1.54, 1.807) is 56.3 Å². The third-order valence-electron chi connectivity index (χ3n) is 5.54. The van der Waals surface area contributed by atoms with Gasteiger partial charge < -0.3 is 10.1 Å². The maximum atomic E-state index is 12.9. The Hall–Kier alpha value is -3.85. The standard InChI is InChI=1S/C28H22Cl2N2O5S/c1-17-15-20(31-28(34)32-27(33)24-5-3-4-6-25(24)30)16-18(2)26(17)37-21-9-13-23(14-10-21)38(35,36)22-11-7-19(29)8-12-22/h3-16H,1-2H3,(H2,31,32,33,34). The van der Waals surface area contributed by atoms with Crippen molar-refractivity contribution < 1.29 is 22.7 Å². The normalized spacial score (nSPS) is 11.1. The zero-order valence-corrected chi connectivity index (χ0v) is 22.6. The number of benzene rings is 4. The molecule has 0 radical (unpaired) electrons. The summed E-state index contributed by atoms with van der Waals surface area (Å²) in [4.78, 5) is 24.9. The average Bonchev–Trinajstić information content (AvgIpc) is 2.87. The molecule has 0 unspecified atom stereocenters. The topological polar surface area (TPSA) is 102 Å². The van der Waals surface area contributed by atoms with Crippen LogP contribution in [0.15, 0.2) is 94.7 Å². The zero-order chi connectivity index (χ0) is 27.4. The lowest BCUT2D eigenvalue weighted by atomic mass is 10.1. The minimum Gasteiger partial charge on any atom is -0.457 e. The van der Waals surface area contributed by atoms with Crippen LogP contribution >= 0.6 is 23.2 Å². The number of sulfone groups is 1. The maximum absolute atomic E-state index is 12.9. The van der Waals surface area contributed by atoms with Crippen LogP contribution in [-0.2, 0) is 9.84 Å². The number of carbonyl (C=O) groups excluding carboxylic acids is 2. The van der Waals surface area contributed by atoms with Gasteiger partial charge in [0.1, 0.15) is 11.5 Å². The van der Waals surface area contributed by atoms with Crippen LogP contribution in [0.4, 0.5) is 10.5 Å². The molecule has 4 rings (SSSR count). The van der Waals surface area contributed by atoms with E-state index in [0.717, 1.165) is 11.1 Å². The van der Waals surface area contributed by atoms with Gasteiger partial charge in [0.15, 0.2) is 0 Å². The average molecular weight is 569 g/mol. The quantitative estimate of drug-likeness (QED) is 0.256. The van der Waals surface area contributed by atoms with E-state index in [1.807, 2.05) is 0 Å².